The van der Waals surface area contributed by atoms with Crippen LogP contribution in [-0.2, 0) is 6.42 Å². The topological polar surface area (TPSA) is 33.0 Å². The van der Waals surface area contributed by atoms with E-state index in [4.69, 9.17) is 4.74 Å². The van der Waals surface area contributed by atoms with Crippen molar-refractivity contribution in [1.82, 2.24) is 0 Å². The first-order valence-corrected chi connectivity index (χ1v) is 7.01. The minimum absolute atomic E-state index is 0.668. The van der Waals surface area contributed by atoms with E-state index in [0.717, 1.165) is 28.7 Å². The first kappa shape index (κ1) is 13.2. The minimum atomic E-state index is 0.668. The Morgan fingerprint density at radius 3 is 2.33 bits per heavy atom. The number of nitrogens with zero attached hydrogens (tertiary/aromatic N) is 1. The third-order valence-electron chi connectivity index (χ3n) is 3.58. The van der Waals surface area contributed by atoms with Crippen LogP contribution in [0.5, 0.6) is 11.5 Å². The predicted molar refractivity (Wildman–Crippen MR) is 84.6 cm³/mol. The molecular weight excluding hydrogens is 258 g/mol. The fourth-order valence-electron chi connectivity index (χ4n) is 2.47. The van der Waals surface area contributed by atoms with Gasteiger partial charge in [0.2, 0.25) is 0 Å². The first-order chi connectivity index (χ1) is 10.3. The predicted octanol–water partition coefficient (Wildman–Crippen LogP) is 5.07. The van der Waals surface area contributed by atoms with Gasteiger partial charge in [-0.1, -0.05) is 49.4 Å². The first-order valence-electron chi connectivity index (χ1n) is 7.01. The highest BCUT2D eigenvalue weighted by Crippen LogP contribution is 2.33. The van der Waals surface area contributed by atoms with Crippen LogP contribution in [0.1, 0.15) is 18.1 Å². The Bertz CT molecular complexity index is 830. The van der Waals surface area contributed by atoms with E-state index < -0.39 is 0 Å². The molecule has 0 unspecified atom stereocenters. The molecule has 0 aromatic heterocycles. The fraction of sp³-hybridized carbons (Fsp3) is 0.105. The second-order valence-electron chi connectivity index (χ2n) is 4.83. The van der Waals surface area contributed by atoms with Crippen molar-refractivity contribution < 1.29 is 4.74 Å². The lowest BCUT2D eigenvalue weighted by molar-refractivity contribution is 0.482. The Morgan fingerprint density at radius 1 is 0.857 bits per heavy atom. The molecule has 0 aliphatic heterocycles. The van der Waals surface area contributed by atoms with E-state index in [9.17, 15) is 5.26 Å². The van der Waals surface area contributed by atoms with E-state index in [0.29, 0.717) is 5.56 Å². The van der Waals surface area contributed by atoms with Crippen molar-refractivity contribution in [3.8, 4) is 17.6 Å². The van der Waals surface area contributed by atoms with Gasteiger partial charge in [-0.2, -0.15) is 5.26 Å². The van der Waals surface area contributed by atoms with E-state index in [2.05, 4.69) is 19.1 Å². The van der Waals surface area contributed by atoms with Crippen molar-refractivity contribution in [1.29, 1.82) is 5.26 Å². The molecule has 2 heteroatoms. The molecule has 0 saturated carbocycles. The Balaban J connectivity index is 2.12. The maximum Gasteiger partial charge on any atom is 0.135 e. The van der Waals surface area contributed by atoms with Crippen LogP contribution in [-0.4, -0.2) is 0 Å². The second-order valence-corrected chi connectivity index (χ2v) is 4.83. The molecule has 2 nitrogen and oxygen atoms in total. The largest absolute Gasteiger partial charge is 0.456 e. The molecule has 0 atom stereocenters. The molecule has 0 amide bonds. The Labute approximate surface area is 124 Å². The number of nitriles is 1. The SMILES string of the molecule is CCc1ccccc1Oc1ccc(C#N)c2ccccc12. The number of fused-ring (bicyclic) bond motifs is 1. The zero-order chi connectivity index (χ0) is 14.7. The molecule has 0 bridgehead atoms. The lowest BCUT2D eigenvalue weighted by Gasteiger charge is -2.12. The van der Waals surface area contributed by atoms with Gasteiger partial charge in [-0.05, 0) is 30.2 Å². The van der Waals surface area contributed by atoms with Gasteiger partial charge < -0.3 is 4.74 Å². The van der Waals surface area contributed by atoms with Crippen molar-refractivity contribution >= 4 is 10.8 Å². The molecule has 0 radical (unpaired) electrons. The van der Waals surface area contributed by atoms with Gasteiger partial charge in [-0.15, -0.1) is 0 Å². The third kappa shape index (κ3) is 2.46. The highest BCUT2D eigenvalue weighted by molar-refractivity contribution is 5.92. The molecule has 0 aliphatic carbocycles. The maximum absolute atomic E-state index is 9.21. The zero-order valence-corrected chi connectivity index (χ0v) is 11.8. The van der Waals surface area contributed by atoms with E-state index in [-0.39, 0.29) is 0 Å². The van der Waals surface area contributed by atoms with Gasteiger partial charge in [-0.3, -0.25) is 0 Å². The Kier molecular flexibility index (Phi) is 3.57. The van der Waals surface area contributed by atoms with Crippen LogP contribution >= 0.6 is 0 Å². The van der Waals surface area contributed by atoms with Gasteiger partial charge in [0.1, 0.15) is 11.5 Å². The molecule has 3 aromatic carbocycles. The van der Waals surface area contributed by atoms with Crippen LogP contribution in [0.3, 0.4) is 0 Å². The quantitative estimate of drug-likeness (QED) is 0.667. The summed E-state index contributed by atoms with van der Waals surface area (Å²) in [4.78, 5) is 0. The molecule has 0 heterocycles. The van der Waals surface area contributed by atoms with Crippen molar-refractivity contribution in [3.63, 3.8) is 0 Å². The van der Waals surface area contributed by atoms with E-state index >= 15 is 0 Å². The van der Waals surface area contributed by atoms with Crippen molar-refractivity contribution in [2.75, 3.05) is 0 Å². The molecule has 3 rings (SSSR count). The summed E-state index contributed by atoms with van der Waals surface area (Å²) < 4.78 is 6.10. The highest BCUT2D eigenvalue weighted by atomic mass is 16.5. The lowest BCUT2D eigenvalue weighted by atomic mass is 10.0. The van der Waals surface area contributed by atoms with Crippen molar-refractivity contribution in [3.05, 3.63) is 71.8 Å². The van der Waals surface area contributed by atoms with Gasteiger partial charge in [0.15, 0.2) is 0 Å². The number of ether oxygens (including phenoxy) is 1. The summed E-state index contributed by atoms with van der Waals surface area (Å²) in [6, 6.07) is 21.8. The van der Waals surface area contributed by atoms with Crippen LogP contribution in [0.15, 0.2) is 60.7 Å². The molecule has 102 valence electrons. The van der Waals surface area contributed by atoms with E-state index in [1.807, 2.05) is 54.6 Å². The van der Waals surface area contributed by atoms with Crippen molar-refractivity contribution in [2.24, 2.45) is 0 Å². The van der Waals surface area contributed by atoms with Crippen LogP contribution in [0.4, 0.5) is 0 Å². The third-order valence-corrected chi connectivity index (χ3v) is 3.58. The minimum Gasteiger partial charge on any atom is -0.456 e. The smallest absolute Gasteiger partial charge is 0.135 e. The van der Waals surface area contributed by atoms with Crippen molar-refractivity contribution in [2.45, 2.75) is 13.3 Å². The average Bonchev–Trinajstić information content (AvgIpc) is 2.55. The summed E-state index contributed by atoms with van der Waals surface area (Å²) in [6.45, 7) is 2.11. The molecule has 3 aromatic rings. The monoisotopic (exact) mass is 273 g/mol. The number of hydrogen-bond donors (Lipinski definition) is 0. The Morgan fingerprint density at radius 2 is 1.57 bits per heavy atom. The van der Waals surface area contributed by atoms with Crippen LogP contribution < -0.4 is 4.74 Å². The molecule has 0 saturated heterocycles. The molecule has 0 spiro atoms. The van der Waals surface area contributed by atoms with E-state index in [1.165, 1.54) is 5.56 Å². The fourth-order valence-corrected chi connectivity index (χ4v) is 2.47. The zero-order valence-electron chi connectivity index (χ0n) is 11.8. The van der Waals surface area contributed by atoms with Gasteiger partial charge in [0, 0.05) is 10.8 Å². The second kappa shape index (κ2) is 5.68. The summed E-state index contributed by atoms with van der Waals surface area (Å²) in [5.74, 6) is 1.65. The summed E-state index contributed by atoms with van der Waals surface area (Å²) in [6.07, 6.45) is 0.921. The van der Waals surface area contributed by atoms with Gasteiger partial charge in [0.25, 0.3) is 0 Å². The van der Waals surface area contributed by atoms with Crippen LogP contribution in [0.2, 0.25) is 0 Å². The van der Waals surface area contributed by atoms with Gasteiger partial charge in [-0.25, -0.2) is 0 Å². The molecule has 0 aliphatic rings. The summed E-state index contributed by atoms with van der Waals surface area (Å²) >= 11 is 0. The number of rotatable bonds is 3. The summed E-state index contributed by atoms with van der Waals surface area (Å²) in [5.41, 5.74) is 1.84. The molecular formula is C19H15NO. The Hall–Kier alpha value is -2.79. The summed E-state index contributed by atoms with van der Waals surface area (Å²) in [5, 5.41) is 11.1. The molecule has 0 fully saturated rings. The highest BCUT2D eigenvalue weighted by Gasteiger charge is 2.08. The van der Waals surface area contributed by atoms with E-state index in [1.54, 1.807) is 0 Å². The van der Waals surface area contributed by atoms with Gasteiger partial charge in [0.05, 0.1) is 11.6 Å². The lowest BCUT2D eigenvalue weighted by Crippen LogP contribution is -1.92. The number of para-hydroxylation sites is 1. The number of hydrogen-bond acceptors (Lipinski definition) is 2. The standard InChI is InChI=1S/C19H15NO/c1-2-14-7-3-6-10-18(14)21-19-12-11-15(13-20)16-8-4-5-9-17(16)19/h3-12H,2H2,1H3. The number of aryl methyl sites for hydroxylation is 1. The molecule has 0 N–H and O–H groups in total. The normalized spacial score (nSPS) is 10.3. The van der Waals surface area contributed by atoms with Crippen LogP contribution in [0, 0.1) is 11.3 Å². The van der Waals surface area contributed by atoms with Gasteiger partial charge >= 0.3 is 0 Å². The maximum atomic E-state index is 9.21. The summed E-state index contributed by atoms with van der Waals surface area (Å²) in [7, 11) is 0. The molecule has 21 heavy (non-hydrogen) atoms. The van der Waals surface area contributed by atoms with Crippen LogP contribution in [0.25, 0.3) is 10.8 Å². The number of benzene rings is 3. The average molecular weight is 273 g/mol.